The van der Waals surface area contributed by atoms with E-state index in [1.165, 1.54) is 38.8 Å². The second-order valence-corrected chi connectivity index (χ2v) is 6.40. The lowest BCUT2D eigenvalue weighted by Gasteiger charge is -2.32. The van der Waals surface area contributed by atoms with Gasteiger partial charge >= 0.3 is 0 Å². The van der Waals surface area contributed by atoms with E-state index in [4.69, 9.17) is 0 Å². The van der Waals surface area contributed by atoms with E-state index in [9.17, 15) is 10.2 Å². The van der Waals surface area contributed by atoms with E-state index in [0.29, 0.717) is 11.6 Å². The summed E-state index contributed by atoms with van der Waals surface area (Å²) in [5.74, 6) is 0.198. The third-order valence-corrected chi connectivity index (χ3v) is 4.90. The van der Waals surface area contributed by atoms with Crippen LogP contribution in [0.2, 0.25) is 0 Å². The SMILES string of the molecule is CC(O)c1ccc(N2CCC(N3CCCCC3)C2)cc1O. The summed E-state index contributed by atoms with van der Waals surface area (Å²) in [6.45, 7) is 6.26. The Hall–Kier alpha value is -1.26. The van der Waals surface area contributed by atoms with Gasteiger partial charge in [-0.15, -0.1) is 0 Å². The molecule has 0 bridgehead atoms. The number of aliphatic hydroxyl groups excluding tert-OH is 1. The van der Waals surface area contributed by atoms with Crippen molar-refractivity contribution in [2.75, 3.05) is 31.1 Å². The number of nitrogens with zero attached hydrogens (tertiary/aromatic N) is 2. The molecule has 0 aliphatic carbocycles. The minimum Gasteiger partial charge on any atom is -0.507 e. The monoisotopic (exact) mass is 290 g/mol. The molecule has 2 atom stereocenters. The first-order valence-electron chi connectivity index (χ1n) is 8.15. The molecule has 116 valence electrons. The molecular weight excluding hydrogens is 264 g/mol. The highest BCUT2D eigenvalue weighted by Gasteiger charge is 2.28. The lowest BCUT2D eigenvalue weighted by Crippen LogP contribution is -2.40. The Kier molecular flexibility index (Phi) is 4.36. The topological polar surface area (TPSA) is 46.9 Å². The van der Waals surface area contributed by atoms with Crippen LogP contribution in [-0.2, 0) is 0 Å². The van der Waals surface area contributed by atoms with E-state index in [1.54, 1.807) is 13.0 Å². The van der Waals surface area contributed by atoms with Gasteiger partial charge in [0.25, 0.3) is 0 Å². The summed E-state index contributed by atoms with van der Waals surface area (Å²) in [7, 11) is 0. The number of benzene rings is 1. The Morgan fingerprint density at radius 2 is 1.90 bits per heavy atom. The maximum Gasteiger partial charge on any atom is 0.123 e. The van der Waals surface area contributed by atoms with Crippen LogP contribution in [-0.4, -0.2) is 47.3 Å². The molecule has 0 amide bonds. The molecule has 2 heterocycles. The van der Waals surface area contributed by atoms with Crippen molar-refractivity contribution in [2.45, 2.75) is 44.8 Å². The third-order valence-electron chi connectivity index (χ3n) is 4.90. The second kappa shape index (κ2) is 6.24. The van der Waals surface area contributed by atoms with E-state index in [0.717, 1.165) is 18.8 Å². The Labute approximate surface area is 127 Å². The number of phenols is 1. The summed E-state index contributed by atoms with van der Waals surface area (Å²) < 4.78 is 0. The van der Waals surface area contributed by atoms with Crippen LogP contribution < -0.4 is 4.90 Å². The van der Waals surface area contributed by atoms with Crippen molar-refractivity contribution >= 4 is 5.69 Å². The van der Waals surface area contributed by atoms with Crippen molar-refractivity contribution < 1.29 is 10.2 Å². The summed E-state index contributed by atoms with van der Waals surface area (Å²) in [6.07, 6.45) is 4.63. The van der Waals surface area contributed by atoms with Gasteiger partial charge in [0.1, 0.15) is 5.75 Å². The zero-order valence-corrected chi connectivity index (χ0v) is 12.8. The lowest BCUT2D eigenvalue weighted by molar-refractivity contribution is 0.175. The maximum atomic E-state index is 10.0. The largest absolute Gasteiger partial charge is 0.507 e. The number of anilines is 1. The molecule has 1 aromatic carbocycles. The molecule has 0 saturated carbocycles. The van der Waals surface area contributed by atoms with Crippen molar-refractivity contribution in [3.63, 3.8) is 0 Å². The maximum absolute atomic E-state index is 10.0. The van der Waals surface area contributed by atoms with Gasteiger partial charge < -0.3 is 15.1 Å². The number of phenolic OH excluding ortho intramolecular Hbond substituents is 1. The number of aromatic hydroxyl groups is 1. The van der Waals surface area contributed by atoms with E-state index in [-0.39, 0.29) is 5.75 Å². The first-order chi connectivity index (χ1) is 10.1. The van der Waals surface area contributed by atoms with Gasteiger partial charge in [0.2, 0.25) is 0 Å². The molecule has 4 nitrogen and oxygen atoms in total. The van der Waals surface area contributed by atoms with Gasteiger partial charge in [-0.1, -0.05) is 12.5 Å². The highest BCUT2D eigenvalue weighted by molar-refractivity contribution is 5.54. The molecule has 2 aliphatic heterocycles. The Morgan fingerprint density at radius 1 is 1.14 bits per heavy atom. The summed E-state index contributed by atoms with van der Waals surface area (Å²) in [6, 6.07) is 6.30. The number of likely N-dealkylation sites (tertiary alicyclic amines) is 1. The van der Waals surface area contributed by atoms with Gasteiger partial charge in [-0.3, -0.25) is 4.90 Å². The van der Waals surface area contributed by atoms with Gasteiger partial charge in [0.05, 0.1) is 6.10 Å². The molecule has 3 rings (SSSR count). The minimum atomic E-state index is -0.626. The van der Waals surface area contributed by atoms with Gasteiger partial charge in [-0.2, -0.15) is 0 Å². The molecule has 21 heavy (non-hydrogen) atoms. The predicted molar refractivity (Wildman–Crippen MR) is 84.8 cm³/mol. The van der Waals surface area contributed by atoms with E-state index in [1.807, 2.05) is 12.1 Å². The smallest absolute Gasteiger partial charge is 0.123 e. The average molecular weight is 290 g/mol. The van der Waals surface area contributed by atoms with Gasteiger partial charge in [0.15, 0.2) is 0 Å². The van der Waals surface area contributed by atoms with Crippen LogP contribution in [0.3, 0.4) is 0 Å². The van der Waals surface area contributed by atoms with E-state index < -0.39 is 6.10 Å². The summed E-state index contributed by atoms with van der Waals surface area (Å²) in [5, 5.41) is 19.6. The van der Waals surface area contributed by atoms with Gasteiger partial charge in [-0.05, 0) is 45.3 Å². The molecule has 4 heteroatoms. The fourth-order valence-corrected chi connectivity index (χ4v) is 3.64. The molecule has 0 radical (unpaired) electrons. The van der Waals surface area contributed by atoms with Crippen LogP contribution in [0, 0.1) is 0 Å². The number of aliphatic hydroxyl groups is 1. The van der Waals surface area contributed by atoms with Crippen LogP contribution in [0.1, 0.15) is 44.3 Å². The van der Waals surface area contributed by atoms with Crippen LogP contribution in [0.5, 0.6) is 5.75 Å². The van der Waals surface area contributed by atoms with Crippen molar-refractivity contribution in [1.82, 2.24) is 4.90 Å². The van der Waals surface area contributed by atoms with Crippen molar-refractivity contribution in [2.24, 2.45) is 0 Å². The molecule has 2 fully saturated rings. The molecule has 0 spiro atoms. The van der Waals surface area contributed by atoms with E-state index in [2.05, 4.69) is 9.80 Å². The third kappa shape index (κ3) is 3.16. The molecule has 0 aromatic heterocycles. The van der Waals surface area contributed by atoms with Gasteiger partial charge in [-0.25, -0.2) is 0 Å². The summed E-state index contributed by atoms with van der Waals surface area (Å²) >= 11 is 0. The highest BCUT2D eigenvalue weighted by Crippen LogP contribution is 2.31. The highest BCUT2D eigenvalue weighted by atomic mass is 16.3. The minimum absolute atomic E-state index is 0.198. The van der Waals surface area contributed by atoms with Crippen LogP contribution >= 0.6 is 0 Å². The Bertz CT molecular complexity index is 484. The Morgan fingerprint density at radius 3 is 2.57 bits per heavy atom. The predicted octanol–water partition coefficient (Wildman–Crippen LogP) is 2.51. The molecule has 2 N–H and O–H groups in total. The van der Waals surface area contributed by atoms with Crippen molar-refractivity contribution in [3.8, 4) is 5.75 Å². The molecule has 2 saturated heterocycles. The Balaban J connectivity index is 1.67. The number of hydrogen-bond acceptors (Lipinski definition) is 4. The summed E-state index contributed by atoms with van der Waals surface area (Å²) in [5.41, 5.74) is 1.67. The van der Waals surface area contributed by atoms with Crippen LogP contribution in [0.15, 0.2) is 18.2 Å². The zero-order valence-electron chi connectivity index (χ0n) is 12.8. The molecule has 2 aliphatic rings. The fraction of sp³-hybridized carbons (Fsp3) is 0.647. The second-order valence-electron chi connectivity index (χ2n) is 6.40. The van der Waals surface area contributed by atoms with E-state index >= 15 is 0 Å². The summed E-state index contributed by atoms with van der Waals surface area (Å²) in [4.78, 5) is 4.98. The number of rotatable bonds is 3. The standard InChI is InChI=1S/C17H26N2O2/c1-13(20)16-6-5-14(11-17(16)21)19-10-7-15(12-19)18-8-3-2-4-9-18/h5-6,11,13,15,20-21H,2-4,7-10,12H2,1H3. The molecular formula is C17H26N2O2. The zero-order chi connectivity index (χ0) is 14.8. The molecule has 2 unspecified atom stereocenters. The van der Waals surface area contributed by atoms with Crippen molar-refractivity contribution in [3.05, 3.63) is 23.8 Å². The number of piperidine rings is 1. The fourth-order valence-electron chi connectivity index (χ4n) is 3.64. The first-order valence-corrected chi connectivity index (χ1v) is 8.15. The van der Waals surface area contributed by atoms with Crippen LogP contribution in [0.4, 0.5) is 5.69 Å². The normalized spacial score (nSPS) is 25.2. The van der Waals surface area contributed by atoms with Gasteiger partial charge in [0, 0.05) is 36.4 Å². The average Bonchev–Trinajstić information content (AvgIpc) is 2.97. The van der Waals surface area contributed by atoms with Crippen LogP contribution in [0.25, 0.3) is 0 Å². The van der Waals surface area contributed by atoms with Crippen molar-refractivity contribution in [1.29, 1.82) is 0 Å². The number of hydrogen-bond donors (Lipinski definition) is 2. The first kappa shape index (κ1) is 14.7. The molecule has 1 aromatic rings. The quantitative estimate of drug-likeness (QED) is 0.898. The lowest BCUT2D eigenvalue weighted by atomic mass is 10.1.